The van der Waals surface area contributed by atoms with Gasteiger partial charge in [-0.3, -0.25) is 25.8 Å². The number of carbonyl (C=O) groups is 2. The highest BCUT2D eigenvalue weighted by Gasteiger charge is 2.11. The second kappa shape index (κ2) is 10.0. The van der Waals surface area contributed by atoms with Gasteiger partial charge in [-0.2, -0.15) is 0 Å². The minimum Gasteiger partial charge on any atom is -0.483 e. The fraction of sp³-hybridized carbons (Fsp3) is 0.0952. The molecule has 0 heterocycles. The molecule has 0 fully saturated rings. The number of ether oxygens (including phenoxy) is 1. The van der Waals surface area contributed by atoms with Crippen molar-refractivity contribution in [3.05, 3.63) is 74.7 Å². The normalized spacial score (nSPS) is 10.4. The highest BCUT2D eigenvalue weighted by Crippen LogP contribution is 2.34. The molecule has 0 aliphatic rings. The van der Waals surface area contributed by atoms with Crippen molar-refractivity contribution in [2.24, 2.45) is 0 Å². The number of halogens is 2. The largest absolute Gasteiger partial charge is 0.483 e. The number of carbonyl (C=O) groups excluding carboxylic acids is 2. The van der Waals surface area contributed by atoms with E-state index in [0.717, 1.165) is 25.3 Å². The summed E-state index contributed by atoms with van der Waals surface area (Å²) in [6, 6.07) is 16.7. The third-order valence-corrected chi connectivity index (χ3v) is 5.58. The van der Waals surface area contributed by atoms with E-state index in [1.54, 1.807) is 24.3 Å². The standard InChI is InChI=1S/C21H17Br2N3O3S/c1-12-3-2-4-14(9-12)20(28)24-21(30)26-25-18(27)11-29-17-8-5-13-10-15(22)6-7-16(13)19(17)23/h2-10H,11H2,1H3,(H,25,27)(H2,24,26,28,30). The summed E-state index contributed by atoms with van der Waals surface area (Å²) in [5, 5.41) is 4.48. The van der Waals surface area contributed by atoms with Crippen molar-refractivity contribution >= 4 is 71.8 Å². The molecule has 0 aliphatic carbocycles. The Bertz CT molecular complexity index is 1140. The van der Waals surface area contributed by atoms with Gasteiger partial charge in [0.15, 0.2) is 11.7 Å². The Balaban J connectivity index is 1.49. The van der Waals surface area contributed by atoms with E-state index in [2.05, 4.69) is 48.0 Å². The SMILES string of the molecule is Cc1cccc(C(=O)NC(=S)NNC(=O)COc2ccc3cc(Br)ccc3c2Br)c1. The van der Waals surface area contributed by atoms with Crippen LogP contribution in [0.25, 0.3) is 10.8 Å². The lowest BCUT2D eigenvalue weighted by Gasteiger charge is -2.13. The van der Waals surface area contributed by atoms with Crippen molar-refractivity contribution < 1.29 is 14.3 Å². The van der Waals surface area contributed by atoms with Gasteiger partial charge in [0.2, 0.25) is 0 Å². The van der Waals surface area contributed by atoms with Crippen LogP contribution in [0.15, 0.2) is 63.5 Å². The Labute approximate surface area is 195 Å². The second-order valence-corrected chi connectivity index (χ2v) is 8.47. The predicted octanol–water partition coefficient (Wildman–Crippen LogP) is 4.39. The topological polar surface area (TPSA) is 79.5 Å². The first-order valence-electron chi connectivity index (χ1n) is 8.81. The average molecular weight is 551 g/mol. The fourth-order valence-electron chi connectivity index (χ4n) is 2.65. The van der Waals surface area contributed by atoms with Crippen LogP contribution in [-0.4, -0.2) is 23.5 Å². The molecule has 3 aromatic rings. The van der Waals surface area contributed by atoms with Gasteiger partial charge >= 0.3 is 0 Å². The number of nitrogens with one attached hydrogen (secondary N) is 3. The number of hydrazine groups is 1. The molecule has 0 atom stereocenters. The first-order valence-corrected chi connectivity index (χ1v) is 10.8. The Morgan fingerprint density at radius 2 is 1.83 bits per heavy atom. The molecular formula is C21H17Br2N3O3S. The van der Waals surface area contributed by atoms with E-state index in [0.29, 0.717) is 11.3 Å². The summed E-state index contributed by atoms with van der Waals surface area (Å²) < 4.78 is 7.33. The predicted molar refractivity (Wildman–Crippen MR) is 127 cm³/mol. The number of thiocarbonyl (C=S) groups is 1. The minimum atomic E-state index is -0.454. The molecule has 9 heteroatoms. The zero-order valence-electron chi connectivity index (χ0n) is 15.8. The van der Waals surface area contributed by atoms with Crippen LogP contribution < -0.4 is 20.9 Å². The molecule has 3 N–H and O–H groups in total. The Kier molecular flexibility index (Phi) is 7.41. The van der Waals surface area contributed by atoms with Crippen LogP contribution in [0.4, 0.5) is 0 Å². The minimum absolute atomic E-state index is 0.0210. The Morgan fingerprint density at radius 3 is 2.60 bits per heavy atom. The van der Waals surface area contributed by atoms with E-state index < -0.39 is 5.91 Å². The van der Waals surface area contributed by atoms with Crippen LogP contribution >= 0.6 is 44.1 Å². The second-order valence-electron chi connectivity index (χ2n) is 6.36. The summed E-state index contributed by atoms with van der Waals surface area (Å²) in [4.78, 5) is 24.2. The number of hydrogen-bond donors (Lipinski definition) is 3. The van der Waals surface area contributed by atoms with Crippen molar-refractivity contribution in [2.45, 2.75) is 6.92 Å². The quantitative estimate of drug-likeness (QED) is 0.332. The van der Waals surface area contributed by atoms with Gasteiger partial charge in [0.1, 0.15) is 5.75 Å². The lowest BCUT2D eigenvalue weighted by Crippen LogP contribution is -2.49. The number of rotatable bonds is 4. The molecule has 0 spiro atoms. The maximum atomic E-state index is 12.1. The number of fused-ring (bicyclic) bond motifs is 1. The molecule has 0 bridgehead atoms. The molecule has 0 saturated heterocycles. The highest BCUT2D eigenvalue weighted by molar-refractivity contribution is 9.11. The van der Waals surface area contributed by atoms with Crippen molar-refractivity contribution in [2.75, 3.05) is 6.61 Å². The van der Waals surface area contributed by atoms with Crippen LogP contribution in [-0.2, 0) is 4.79 Å². The smallest absolute Gasteiger partial charge is 0.276 e. The zero-order chi connectivity index (χ0) is 21.7. The third-order valence-electron chi connectivity index (χ3n) is 4.06. The van der Waals surface area contributed by atoms with Crippen molar-refractivity contribution in [1.29, 1.82) is 0 Å². The lowest BCUT2D eigenvalue weighted by molar-refractivity contribution is -0.123. The maximum Gasteiger partial charge on any atom is 0.276 e. The third kappa shape index (κ3) is 5.78. The molecule has 3 rings (SSSR count). The van der Waals surface area contributed by atoms with E-state index in [4.69, 9.17) is 17.0 Å². The van der Waals surface area contributed by atoms with E-state index in [1.807, 2.05) is 37.3 Å². The van der Waals surface area contributed by atoms with E-state index in [1.165, 1.54) is 0 Å². The van der Waals surface area contributed by atoms with Crippen LogP contribution in [0.2, 0.25) is 0 Å². The monoisotopic (exact) mass is 549 g/mol. The molecule has 0 aromatic heterocycles. The number of amides is 2. The lowest BCUT2D eigenvalue weighted by atomic mass is 10.1. The van der Waals surface area contributed by atoms with Gasteiger partial charge in [-0.1, -0.05) is 45.8 Å². The molecule has 0 aliphatic heterocycles. The van der Waals surface area contributed by atoms with Crippen molar-refractivity contribution in [3.63, 3.8) is 0 Å². The summed E-state index contributed by atoms with van der Waals surface area (Å²) in [6.45, 7) is 1.66. The number of hydrogen-bond acceptors (Lipinski definition) is 4. The Hall–Kier alpha value is -2.49. The van der Waals surface area contributed by atoms with Gasteiger partial charge in [-0.05, 0) is 76.2 Å². The van der Waals surface area contributed by atoms with Crippen LogP contribution in [0.5, 0.6) is 5.75 Å². The van der Waals surface area contributed by atoms with E-state index in [-0.39, 0.29) is 17.6 Å². The van der Waals surface area contributed by atoms with Crippen LogP contribution in [0, 0.1) is 6.92 Å². The number of aryl methyl sites for hydroxylation is 1. The maximum absolute atomic E-state index is 12.1. The molecule has 2 amide bonds. The first kappa shape index (κ1) is 22.2. The van der Waals surface area contributed by atoms with E-state index in [9.17, 15) is 9.59 Å². The van der Waals surface area contributed by atoms with Crippen molar-refractivity contribution in [3.8, 4) is 5.75 Å². The molecule has 0 saturated carbocycles. The van der Waals surface area contributed by atoms with E-state index >= 15 is 0 Å². The molecule has 6 nitrogen and oxygen atoms in total. The van der Waals surface area contributed by atoms with Crippen LogP contribution in [0.1, 0.15) is 15.9 Å². The Morgan fingerprint density at radius 1 is 1.03 bits per heavy atom. The molecule has 0 unspecified atom stereocenters. The first-order chi connectivity index (χ1) is 14.3. The van der Waals surface area contributed by atoms with Gasteiger partial charge in [0, 0.05) is 10.0 Å². The van der Waals surface area contributed by atoms with Gasteiger partial charge in [0.05, 0.1) is 4.47 Å². The van der Waals surface area contributed by atoms with Gasteiger partial charge in [-0.25, -0.2) is 0 Å². The molecular weight excluding hydrogens is 534 g/mol. The molecule has 154 valence electrons. The van der Waals surface area contributed by atoms with Crippen molar-refractivity contribution in [1.82, 2.24) is 16.2 Å². The molecule has 3 aromatic carbocycles. The van der Waals surface area contributed by atoms with Gasteiger partial charge in [0.25, 0.3) is 11.8 Å². The van der Waals surface area contributed by atoms with Gasteiger partial charge in [-0.15, -0.1) is 0 Å². The van der Waals surface area contributed by atoms with Gasteiger partial charge < -0.3 is 4.74 Å². The zero-order valence-corrected chi connectivity index (χ0v) is 19.8. The fourth-order valence-corrected chi connectivity index (χ4v) is 3.78. The summed E-state index contributed by atoms with van der Waals surface area (Å²) in [5.74, 6) is -0.284. The summed E-state index contributed by atoms with van der Waals surface area (Å²) in [6.07, 6.45) is 0. The molecule has 30 heavy (non-hydrogen) atoms. The summed E-state index contributed by atoms with van der Waals surface area (Å²) in [5.41, 5.74) is 6.31. The number of benzene rings is 3. The summed E-state index contributed by atoms with van der Waals surface area (Å²) >= 11 is 12.0. The molecule has 0 radical (unpaired) electrons. The summed E-state index contributed by atoms with van der Waals surface area (Å²) in [7, 11) is 0. The average Bonchev–Trinajstić information content (AvgIpc) is 2.71. The highest BCUT2D eigenvalue weighted by atomic mass is 79.9. The van der Waals surface area contributed by atoms with Crippen LogP contribution in [0.3, 0.4) is 0 Å².